The molecule has 1 rings (SSSR count). The minimum absolute atomic E-state index is 0.273. The highest BCUT2D eigenvalue weighted by atomic mass is 16.5. The number of nitrogens with one attached hydrogen (secondary N) is 1. The Morgan fingerprint density at radius 3 is 2.69 bits per heavy atom. The molecule has 0 aliphatic heterocycles. The minimum atomic E-state index is 0.273. The lowest BCUT2D eigenvalue weighted by atomic mass is 10.0. The number of nitrogens with zero attached hydrogens (tertiary/aromatic N) is 2. The lowest BCUT2D eigenvalue weighted by Crippen LogP contribution is -2.40. The Balaban J connectivity index is 2.59. The molecule has 0 spiro atoms. The number of hydrogen-bond donors (Lipinski definition) is 1. The Labute approximate surface area is 98.0 Å². The van der Waals surface area contributed by atoms with Gasteiger partial charge in [0.25, 0.3) is 0 Å². The lowest BCUT2D eigenvalue weighted by molar-refractivity contribution is 0.0339. The topological polar surface area (TPSA) is 39.1 Å². The highest BCUT2D eigenvalue weighted by Gasteiger charge is 2.19. The van der Waals surface area contributed by atoms with E-state index in [2.05, 4.69) is 23.5 Å². The van der Waals surface area contributed by atoms with E-state index in [1.54, 1.807) is 0 Å². The average molecular weight is 225 g/mol. The zero-order valence-electron chi connectivity index (χ0n) is 10.7. The first kappa shape index (κ1) is 13.2. The van der Waals surface area contributed by atoms with Crippen molar-refractivity contribution in [1.29, 1.82) is 0 Å². The van der Waals surface area contributed by atoms with Crippen molar-refractivity contribution in [2.75, 3.05) is 13.7 Å². The van der Waals surface area contributed by atoms with Crippen LogP contribution in [0.25, 0.3) is 0 Å². The first-order valence-electron chi connectivity index (χ1n) is 5.97. The molecule has 1 N–H and O–H groups in total. The Hall–Kier alpha value is -0.870. The van der Waals surface area contributed by atoms with Crippen LogP contribution >= 0.6 is 0 Å². The molecule has 0 saturated heterocycles. The van der Waals surface area contributed by atoms with E-state index in [1.165, 1.54) is 5.56 Å². The molecule has 2 atom stereocenters. The lowest BCUT2D eigenvalue weighted by Gasteiger charge is -2.25. The average Bonchev–Trinajstić information content (AvgIpc) is 2.69. The van der Waals surface area contributed by atoms with Crippen molar-refractivity contribution < 1.29 is 4.74 Å². The molecule has 0 amide bonds. The summed E-state index contributed by atoms with van der Waals surface area (Å²) in [5, 5.41) is 7.52. The van der Waals surface area contributed by atoms with Gasteiger partial charge in [-0.15, -0.1) is 0 Å². The van der Waals surface area contributed by atoms with Gasteiger partial charge in [-0.2, -0.15) is 5.10 Å². The summed E-state index contributed by atoms with van der Waals surface area (Å²) in [5.74, 6) is 0. The summed E-state index contributed by atoms with van der Waals surface area (Å²) in [6, 6.07) is 0.356. The van der Waals surface area contributed by atoms with Gasteiger partial charge in [-0.1, -0.05) is 6.92 Å². The van der Waals surface area contributed by atoms with E-state index in [0.717, 1.165) is 19.4 Å². The third kappa shape index (κ3) is 3.61. The third-order valence-corrected chi connectivity index (χ3v) is 2.82. The fourth-order valence-corrected chi connectivity index (χ4v) is 1.98. The van der Waals surface area contributed by atoms with Crippen LogP contribution < -0.4 is 5.32 Å². The highest BCUT2D eigenvalue weighted by molar-refractivity contribution is 5.06. The van der Waals surface area contributed by atoms with Crippen LogP contribution in [0.1, 0.15) is 25.8 Å². The van der Waals surface area contributed by atoms with Gasteiger partial charge in [-0.05, 0) is 32.4 Å². The molecule has 1 aromatic rings. The summed E-state index contributed by atoms with van der Waals surface area (Å²) in [6.45, 7) is 4.97. The molecule has 0 aliphatic carbocycles. The summed E-state index contributed by atoms with van der Waals surface area (Å²) in [4.78, 5) is 0. The van der Waals surface area contributed by atoms with Crippen molar-refractivity contribution in [2.45, 2.75) is 38.8 Å². The van der Waals surface area contributed by atoms with E-state index in [4.69, 9.17) is 4.74 Å². The van der Waals surface area contributed by atoms with Crippen molar-refractivity contribution in [2.24, 2.45) is 7.05 Å². The van der Waals surface area contributed by atoms with E-state index < -0.39 is 0 Å². The molecule has 2 unspecified atom stereocenters. The number of likely N-dealkylation sites (N-methyl/N-ethyl adjacent to an activating group) is 1. The zero-order valence-corrected chi connectivity index (χ0v) is 10.7. The maximum absolute atomic E-state index is 5.73. The minimum Gasteiger partial charge on any atom is -0.377 e. The van der Waals surface area contributed by atoms with Crippen LogP contribution in [-0.2, 0) is 18.2 Å². The number of aryl methyl sites for hydroxylation is 1. The van der Waals surface area contributed by atoms with Crippen molar-refractivity contribution in [1.82, 2.24) is 15.1 Å². The fraction of sp³-hybridized carbons (Fsp3) is 0.750. The van der Waals surface area contributed by atoms with E-state index in [1.807, 2.05) is 31.9 Å². The van der Waals surface area contributed by atoms with Crippen molar-refractivity contribution in [3.05, 3.63) is 18.0 Å². The summed E-state index contributed by atoms with van der Waals surface area (Å²) >= 11 is 0. The molecule has 0 aromatic carbocycles. The van der Waals surface area contributed by atoms with Crippen LogP contribution in [0.4, 0.5) is 0 Å². The van der Waals surface area contributed by atoms with Gasteiger partial charge < -0.3 is 10.1 Å². The molecule has 0 saturated carbocycles. The molecular formula is C12H23N3O. The van der Waals surface area contributed by atoms with Gasteiger partial charge in [0.15, 0.2) is 0 Å². The molecule has 1 heterocycles. The highest BCUT2D eigenvalue weighted by Crippen LogP contribution is 2.10. The van der Waals surface area contributed by atoms with Crippen molar-refractivity contribution in [3.8, 4) is 0 Å². The van der Waals surface area contributed by atoms with Gasteiger partial charge in [0.1, 0.15) is 0 Å². The molecule has 0 bridgehead atoms. The molecule has 1 aromatic heterocycles. The maximum atomic E-state index is 5.73. The Morgan fingerprint density at radius 1 is 1.50 bits per heavy atom. The van der Waals surface area contributed by atoms with Crippen LogP contribution in [0.15, 0.2) is 12.4 Å². The van der Waals surface area contributed by atoms with Crippen LogP contribution in [0.3, 0.4) is 0 Å². The predicted octanol–water partition coefficient (Wildman–Crippen LogP) is 1.37. The van der Waals surface area contributed by atoms with Crippen molar-refractivity contribution in [3.63, 3.8) is 0 Å². The molecule has 0 fully saturated rings. The second-order valence-corrected chi connectivity index (χ2v) is 4.02. The second-order valence-electron chi connectivity index (χ2n) is 4.02. The van der Waals surface area contributed by atoms with Crippen LogP contribution in [0.2, 0.25) is 0 Å². The number of ether oxygens (including phenoxy) is 1. The smallest absolute Gasteiger partial charge is 0.0728 e. The summed E-state index contributed by atoms with van der Waals surface area (Å²) < 4.78 is 7.57. The van der Waals surface area contributed by atoms with E-state index in [-0.39, 0.29) is 6.10 Å². The molecule has 4 heteroatoms. The molecule has 0 radical (unpaired) electrons. The Bertz CT molecular complexity index is 298. The first-order valence-corrected chi connectivity index (χ1v) is 5.97. The quantitative estimate of drug-likeness (QED) is 0.761. The largest absolute Gasteiger partial charge is 0.377 e. The standard InChI is InChI=1S/C12H23N3O/c1-5-12(16-6-2)11(13-3)7-10-8-14-15(4)9-10/h8-9,11-13H,5-7H2,1-4H3. The predicted molar refractivity (Wildman–Crippen MR) is 65.5 cm³/mol. The van der Waals surface area contributed by atoms with Gasteiger partial charge in [-0.25, -0.2) is 0 Å². The molecule has 16 heavy (non-hydrogen) atoms. The molecule has 0 aliphatic rings. The normalized spacial score (nSPS) is 15.0. The van der Waals surface area contributed by atoms with Gasteiger partial charge in [0, 0.05) is 25.9 Å². The van der Waals surface area contributed by atoms with E-state index in [0.29, 0.717) is 6.04 Å². The Morgan fingerprint density at radius 2 is 2.25 bits per heavy atom. The summed E-state index contributed by atoms with van der Waals surface area (Å²) in [7, 11) is 3.93. The van der Waals surface area contributed by atoms with Crippen LogP contribution in [0.5, 0.6) is 0 Å². The van der Waals surface area contributed by atoms with Gasteiger partial charge in [0.05, 0.1) is 12.3 Å². The summed E-state index contributed by atoms with van der Waals surface area (Å²) in [6.07, 6.45) is 6.24. The van der Waals surface area contributed by atoms with Gasteiger partial charge in [0.2, 0.25) is 0 Å². The van der Waals surface area contributed by atoms with Gasteiger partial charge in [-0.3, -0.25) is 4.68 Å². The van der Waals surface area contributed by atoms with E-state index in [9.17, 15) is 0 Å². The fourth-order valence-electron chi connectivity index (χ4n) is 1.98. The molecular weight excluding hydrogens is 202 g/mol. The second kappa shape index (κ2) is 6.66. The Kier molecular flexibility index (Phi) is 5.49. The van der Waals surface area contributed by atoms with Crippen LogP contribution in [-0.4, -0.2) is 35.6 Å². The maximum Gasteiger partial charge on any atom is 0.0728 e. The van der Waals surface area contributed by atoms with E-state index >= 15 is 0 Å². The number of rotatable bonds is 7. The number of aromatic nitrogens is 2. The van der Waals surface area contributed by atoms with Crippen molar-refractivity contribution >= 4 is 0 Å². The van der Waals surface area contributed by atoms with Gasteiger partial charge >= 0.3 is 0 Å². The molecule has 92 valence electrons. The monoisotopic (exact) mass is 225 g/mol. The number of hydrogen-bond acceptors (Lipinski definition) is 3. The SMILES string of the molecule is CCOC(CC)C(Cc1cnn(C)c1)NC. The summed E-state index contributed by atoms with van der Waals surface area (Å²) in [5.41, 5.74) is 1.25. The van der Waals surface area contributed by atoms with Crippen LogP contribution in [0, 0.1) is 0 Å². The first-order chi connectivity index (χ1) is 7.71. The molecule has 4 nitrogen and oxygen atoms in total. The zero-order chi connectivity index (χ0) is 12.0. The third-order valence-electron chi connectivity index (χ3n) is 2.82.